The Morgan fingerprint density at radius 3 is 2.19 bits per heavy atom. The summed E-state index contributed by atoms with van der Waals surface area (Å²) in [5.74, 6) is 1.03. The van der Waals surface area contributed by atoms with Crippen molar-refractivity contribution < 1.29 is 19.0 Å². The first kappa shape index (κ1) is 14.6. The molecular weight excluding hydrogens is 274 g/mol. The largest absolute Gasteiger partial charge is 0.497 e. The molecule has 0 atom stereocenters. The number of esters is 1. The van der Waals surface area contributed by atoms with Crippen molar-refractivity contribution >= 4 is 11.8 Å². The second-order valence-electron chi connectivity index (χ2n) is 4.09. The highest BCUT2D eigenvalue weighted by molar-refractivity contribution is 5.93. The summed E-state index contributed by atoms with van der Waals surface area (Å²) in [5.41, 5.74) is 6.54. The number of carbonyl (C=O) groups excluding carboxylic acids is 1. The lowest BCUT2D eigenvalue weighted by Gasteiger charge is -2.09. The van der Waals surface area contributed by atoms with Crippen LogP contribution in [0.2, 0.25) is 0 Å². The molecule has 0 fully saturated rings. The maximum absolute atomic E-state index is 11.5. The molecule has 0 aliphatic carbocycles. The minimum atomic E-state index is -0.581. The molecule has 0 spiro atoms. The molecule has 0 bridgehead atoms. The van der Waals surface area contributed by atoms with Gasteiger partial charge in [0.1, 0.15) is 22.9 Å². The van der Waals surface area contributed by atoms with Gasteiger partial charge in [-0.3, -0.25) is 0 Å². The average Bonchev–Trinajstić information content (AvgIpc) is 2.53. The van der Waals surface area contributed by atoms with Crippen molar-refractivity contribution in [1.82, 2.24) is 9.97 Å². The van der Waals surface area contributed by atoms with Gasteiger partial charge in [-0.1, -0.05) is 0 Å². The van der Waals surface area contributed by atoms with Gasteiger partial charge in [0.25, 0.3) is 0 Å². The number of carbonyl (C=O) groups is 1. The monoisotopic (exact) mass is 289 g/mol. The molecule has 21 heavy (non-hydrogen) atoms. The van der Waals surface area contributed by atoms with Crippen molar-refractivity contribution in [3.05, 3.63) is 30.0 Å². The molecule has 7 heteroatoms. The van der Waals surface area contributed by atoms with Crippen molar-refractivity contribution in [2.75, 3.05) is 27.1 Å². The summed E-state index contributed by atoms with van der Waals surface area (Å²) in [6.07, 6.45) is 1.33. The van der Waals surface area contributed by atoms with Crippen molar-refractivity contribution in [3.8, 4) is 22.9 Å². The van der Waals surface area contributed by atoms with E-state index in [0.717, 1.165) is 0 Å². The smallest absolute Gasteiger partial charge is 0.343 e. The molecule has 0 radical (unpaired) electrons. The Hall–Kier alpha value is -2.83. The van der Waals surface area contributed by atoms with E-state index in [1.807, 2.05) is 0 Å². The molecule has 1 aromatic carbocycles. The molecule has 110 valence electrons. The highest BCUT2D eigenvalue weighted by Crippen LogP contribution is 2.28. The number of methoxy groups -OCH3 is 3. The van der Waals surface area contributed by atoms with E-state index >= 15 is 0 Å². The van der Waals surface area contributed by atoms with Crippen LogP contribution in [0.5, 0.6) is 11.5 Å². The Balaban J connectivity index is 2.47. The third-order valence-electron chi connectivity index (χ3n) is 2.83. The zero-order chi connectivity index (χ0) is 15.4. The highest BCUT2D eigenvalue weighted by atomic mass is 16.5. The van der Waals surface area contributed by atoms with Crippen molar-refractivity contribution in [2.45, 2.75) is 0 Å². The third-order valence-corrected chi connectivity index (χ3v) is 2.83. The molecule has 2 rings (SSSR count). The number of nitrogens with two attached hydrogens (primary N) is 1. The Labute approximate surface area is 121 Å². The van der Waals surface area contributed by atoms with Gasteiger partial charge in [0.05, 0.1) is 21.3 Å². The van der Waals surface area contributed by atoms with E-state index in [4.69, 9.17) is 15.2 Å². The first-order valence-corrected chi connectivity index (χ1v) is 6.03. The third kappa shape index (κ3) is 3.02. The summed E-state index contributed by atoms with van der Waals surface area (Å²) in [6.45, 7) is 0. The fraction of sp³-hybridized carbons (Fsp3) is 0.214. The van der Waals surface area contributed by atoms with Gasteiger partial charge in [0.15, 0.2) is 5.82 Å². The maximum Gasteiger partial charge on any atom is 0.343 e. The van der Waals surface area contributed by atoms with Crippen LogP contribution in [0.25, 0.3) is 11.4 Å². The van der Waals surface area contributed by atoms with E-state index in [1.165, 1.54) is 13.3 Å². The Kier molecular flexibility index (Phi) is 4.22. The fourth-order valence-corrected chi connectivity index (χ4v) is 1.74. The van der Waals surface area contributed by atoms with E-state index in [-0.39, 0.29) is 11.4 Å². The lowest BCUT2D eigenvalue weighted by atomic mass is 10.1. The van der Waals surface area contributed by atoms with Crippen LogP contribution in [0.3, 0.4) is 0 Å². The van der Waals surface area contributed by atoms with E-state index in [1.54, 1.807) is 32.4 Å². The molecule has 2 N–H and O–H groups in total. The minimum absolute atomic E-state index is 0.0497. The fourth-order valence-electron chi connectivity index (χ4n) is 1.74. The van der Waals surface area contributed by atoms with Crippen LogP contribution in [0, 0.1) is 0 Å². The number of benzene rings is 1. The lowest BCUT2D eigenvalue weighted by molar-refractivity contribution is 0.0601. The van der Waals surface area contributed by atoms with Gasteiger partial charge in [-0.05, 0) is 12.1 Å². The number of aromatic nitrogens is 2. The molecule has 0 unspecified atom stereocenters. The lowest BCUT2D eigenvalue weighted by Crippen LogP contribution is -2.09. The number of anilines is 1. The quantitative estimate of drug-likeness (QED) is 0.852. The molecule has 0 saturated heterocycles. The van der Waals surface area contributed by atoms with Gasteiger partial charge >= 0.3 is 5.97 Å². The number of nitrogen functional groups attached to an aromatic ring is 1. The summed E-state index contributed by atoms with van der Waals surface area (Å²) >= 11 is 0. The molecule has 1 heterocycles. The first-order valence-electron chi connectivity index (χ1n) is 6.03. The zero-order valence-corrected chi connectivity index (χ0v) is 11.9. The van der Waals surface area contributed by atoms with Crippen molar-refractivity contribution in [1.29, 1.82) is 0 Å². The predicted molar refractivity (Wildman–Crippen MR) is 76.3 cm³/mol. The van der Waals surface area contributed by atoms with E-state index < -0.39 is 5.97 Å². The van der Waals surface area contributed by atoms with E-state index in [0.29, 0.717) is 22.9 Å². The van der Waals surface area contributed by atoms with Crippen LogP contribution < -0.4 is 15.2 Å². The molecule has 0 aliphatic heterocycles. The number of rotatable bonds is 4. The first-order chi connectivity index (χ1) is 10.1. The van der Waals surface area contributed by atoms with Crippen LogP contribution in [-0.4, -0.2) is 37.3 Å². The zero-order valence-electron chi connectivity index (χ0n) is 11.9. The molecule has 0 amide bonds. The molecular formula is C14H15N3O4. The van der Waals surface area contributed by atoms with Crippen LogP contribution in [-0.2, 0) is 4.74 Å². The van der Waals surface area contributed by atoms with Gasteiger partial charge in [0, 0.05) is 17.8 Å². The van der Waals surface area contributed by atoms with Gasteiger partial charge < -0.3 is 19.9 Å². The molecule has 7 nitrogen and oxygen atoms in total. The molecule has 0 saturated carbocycles. The molecule has 2 aromatic rings. The van der Waals surface area contributed by atoms with Gasteiger partial charge in [-0.25, -0.2) is 14.8 Å². The van der Waals surface area contributed by atoms with E-state index in [9.17, 15) is 4.79 Å². The maximum atomic E-state index is 11.5. The number of hydrogen-bond acceptors (Lipinski definition) is 7. The SMILES string of the molecule is COC(=O)c1cnc(-c2cc(OC)cc(OC)c2)nc1N. The number of ether oxygens (including phenoxy) is 3. The van der Waals surface area contributed by atoms with Crippen LogP contribution in [0.4, 0.5) is 5.82 Å². The van der Waals surface area contributed by atoms with Gasteiger partial charge in [-0.2, -0.15) is 0 Å². The standard InChI is InChI=1S/C14H15N3O4/c1-19-9-4-8(5-10(6-9)20-2)13-16-7-11(12(15)17-13)14(18)21-3/h4-7H,1-3H3,(H2,15,16,17). The number of hydrogen-bond donors (Lipinski definition) is 1. The number of nitrogens with zero attached hydrogens (tertiary/aromatic N) is 2. The summed E-state index contributed by atoms with van der Waals surface area (Å²) in [6, 6.07) is 5.22. The van der Waals surface area contributed by atoms with Crippen LogP contribution in [0.1, 0.15) is 10.4 Å². The summed E-state index contributed by atoms with van der Waals surface area (Å²) < 4.78 is 15.0. The second-order valence-corrected chi connectivity index (χ2v) is 4.09. The Bertz CT molecular complexity index is 651. The topological polar surface area (TPSA) is 96.6 Å². The molecule has 0 aliphatic rings. The predicted octanol–water partition coefficient (Wildman–Crippen LogP) is 1.53. The van der Waals surface area contributed by atoms with Crippen LogP contribution in [0.15, 0.2) is 24.4 Å². The van der Waals surface area contributed by atoms with Gasteiger partial charge in [0.2, 0.25) is 0 Å². The second kappa shape index (κ2) is 6.08. The van der Waals surface area contributed by atoms with E-state index in [2.05, 4.69) is 14.7 Å². The summed E-state index contributed by atoms with van der Waals surface area (Å²) in [4.78, 5) is 19.7. The Morgan fingerprint density at radius 1 is 1.10 bits per heavy atom. The molecule has 1 aromatic heterocycles. The minimum Gasteiger partial charge on any atom is -0.497 e. The summed E-state index contributed by atoms with van der Waals surface area (Å²) in [5, 5.41) is 0. The van der Waals surface area contributed by atoms with Crippen LogP contribution >= 0.6 is 0 Å². The normalized spacial score (nSPS) is 10.0. The highest BCUT2D eigenvalue weighted by Gasteiger charge is 2.14. The van der Waals surface area contributed by atoms with Gasteiger partial charge in [-0.15, -0.1) is 0 Å². The van der Waals surface area contributed by atoms with Crippen molar-refractivity contribution in [3.63, 3.8) is 0 Å². The summed E-state index contributed by atoms with van der Waals surface area (Å²) in [7, 11) is 4.37. The van der Waals surface area contributed by atoms with Crippen molar-refractivity contribution in [2.24, 2.45) is 0 Å². The Morgan fingerprint density at radius 2 is 1.71 bits per heavy atom. The average molecular weight is 289 g/mol.